The van der Waals surface area contributed by atoms with E-state index in [-0.39, 0.29) is 0 Å². The molecular weight excluding hydrogens is 532 g/mol. The number of hydrogen-bond acceptors (Lipinski definition) is 5. The SMILES string of the molecule is C#Cc1cc(C=NCc2ccccc2OC)c(OCCCCCCCCCCCC)c(C=NCc2ccccc2OC)c1. The van der Waals surface area contributed by atoms with E-state index < -0.39 is 0 Å². The molecule has 3 aromatic rings. The number of rotatable bonds is 20. The van der Waals surface area contributed by atoms with Gasteiger partial charge in [-0.05, 0) is 30.7 Å². The zero-order valence-corrected chi connectivity index (χ0v) is 26.3. The lowest BCUT2D eigenvalue weighted by molar-refractivity contribution is 0.303. The number of ether oxygens (including phenoxy) is 3. The minimum Gasteiger partial charge on any atom is -0.496 e. The highest BCUT2D eigenvalue weighted by Gasteiger charge is 2.11. The van der Waals surface area contributed by atoms with Crippen molar-refractivity contribution in [2.75, 3.05) is 20.8 Å². The smallest absolute Gasteiger partial charge is 0.136 e. The van der Waals surface area contributed by atoms with Gasteiger partial charge < -0.3 is 14.2 Å². The number of unbranched alkanes of at least 4 members (excludes halogenated alkanes) is 9. The zero-order chi connectivity index (χ0) is 30.5. The molecule has 5 heteroatoms. The zero-order valence-electron chi connectivity index (χ0n) is 26.3. The molecule has 5 nitrogen and oxygen atoms in total. The van der Waals surface area contributed by atoms with Crippen LogP contribution < -0.4 is 14.2 Å². The van der Waals surface area contributed by atoms with Crippen LogP contribution in [0.15, 0.2) is 70.6 Å². The average Bonchev–Trinajstić information content (AvgIpc) is 3.04. The van der Waals surface area contributed by atoms with Crippen molar-refractivity contribution in [3.05, 3.63) is 88.5 Å². The fourth-order valence-corrected chi connectivity index (χ4v) is 5.03. The molecule has 43 heavy (non-hydrogen) atoms. The van der Waals surface area contributed by atoms with Gasteiger partial charge in [-0.2, -0.15) is 0 Å². The minimum absolute atomic E-state index is 0.486. The van der Waals surface area contributed by atoms with E-state index in [0.717, 1.165) is 57.9 Å². The molecule has 0 heterocycles. The minimum atomic E-state index is 0.486. The van der Waals surface area contributed by atoms with E-state index in [1.807, 2.05) is 73.1 Å². The Hall–Kier alpha value is -4.04. The van der Waals surface area contributed by atoms with Crippen LogP contribution in [0.25, 0.3) is 0 Å². The molecule has 0 atom stereocenters. The van der Waals surface area contributed by atoms with Crippen LogP contribution in [0, 0.1) is 12.3 Å². The summed E-state index contributed by atoms with van der Waals surface area (Å²) in [5, 5.41) is 0. The Morgan fingerprint density at radius 3 is 1.60 bits per heavy atom. The molecule has 3 rings (SSSR count). The number of methoxy groups -OCH3 is 2. The van der Waals surface area contributed by atoms with E-state index in [4.69, 9.17) is 30.6 Å². The van der Waals surface area contributed by atoms with Gasteiger partial charge in [0.25, 0.3) is 0 Å². The average molecular weight is 581 g/mol. The Morgan fingerprint density at radius 1 is 0.674 bits per heavy atom. The molecule has 0 spiro atoms. The molecule has 0 aliphatic carbocycles. The maximum atomic E-state index is 6.43. The van der Waals surface area contributed by atoms with Gasteiger partial charge in [-0.15, -0.1) is 6.42 Å². The molecule has 0 saturated heterocycles. The van der Waals surface area contributed by atoms with Gasteiger partial charge in [0.2, 0.25) is 0 Å². The summed E-state index contributed by atoms with van der Waals surface area (Å²) in [7, 11) is 3.35. The normalized spacial score (nSPS) is 11.2. The van der Waals surface area contributed by atoms with Gasteiger partial charge in [0.05, 0.1) is 33.9 Å². The first-order valence-corrected chi connectivity index (χ1v) is 15.7. The van der Waals surface area contributed by atoms with E-state index in [2.05, 4.69) is 12.8 Å². The summed E-state index contributed by atoms with van der Waals surface area (Å²) < 4.78 is 17.4. The van der Waals surface area contributed by atoms with E-state index in [1.54, 1.807) is 14.2 Å². The van der Waals surface area contributed by atoms with Crippen molar-refractivity contribution in [3.8, 4) is 29.6 Å². The molecule has 228 valence electrons. The van der Waals surface area contributed by atoms with Crippen LogP contribution in [0.1, 0.15) is 98.9 Å². The molecule has 0 amide bonds. The van der Waals surface area contributed by atoms with Gasteiger partial charge in [-0.3, -0.25) is 9.98 Å². The van der Waals surface area contributed by atoms with Crippen molar-refractivity contribution in [3.63, 3.8) is 0 Å². The van der Waals surface area contributed by atoms with Crippen LogP contribution in [0.2, 0.25) is 0 Å². The van der Waals surface area contributed by atoms with Crippen molar-refractivity contribution in [1.82, 2.24) is 0 Å². The second kappa shape index (κ2) is 20.0. The standard InChI is InChI=1S/C38H48N2O3/c1-5-7-8-9-10-11-12-13-14-19-24-43-38-34(29-39-27-32-20-15-17-22-36(32)41-3)25-31(6-2)26-35(38)30-40-28-33-21-16-18-23-37(33)42-4/h2,15-18,20-23,25-26,29-30H,5,7-14,19,24,27-28H2,1,3-4H3. The third-order valence-electron chi connectivity index (χ3n) is 7.43. The lowest BCUT2D eigenvalue weighted by Gasteiger charge is -2.14. The van der Waals surface area contributed by atoms with Crippen LogP contribution in [0.3, 0.4) is 0 Å². The molecule has 0 fully saturated rings. The maximum Gasteiger partial charge on any atom is 0.136 e. The topological polar surface area (TPSA) is 52.4 Å². The second-order valence-electron chi connectivity index (χ2n) is 10.7. The molecule has 0 unspecified atom stereocenters. The summed E-state index contributed by atoms with van der Waals surface area (Å²) in [6.45, 7) is 3.87. The number of benzene rings is 3. The summed E-state index contributed by atoms with van der Waals surface area (Å²) in [6.07, 6.45) is 22.3. The van der Waals surface area contributed by atoms with Crippen LogP contribution in [0.5, 0.6) is 17.2 Å². The van der Waals surface area contributed by atoms with Gasteiger partial charge in [-0.25, -0.2) is 0 Å². The Bertz CT molecular complexity index is 1260. The molecule has 0 aliphatic heterocycles. The number of hydrogen-bond donors (Lipinski definition) is 0. The monoisotopic (exact) mass is 580 g/mol. The first-order valence-electron chi connectivity index (χ1n) is 15.7. The van der Waals surface area contributed by atoms with Crippen molar-refractivity contribution in [2.24, 2.45) is 9.98 Å². The van der Waals surface area contributed by atoms with Gasteiger partial charge in [0, 0.05) is 40.2 Å². The van der Waals surface area contributed by atoms with E-state index in [0.29, 0.717) is 19.7 Å². The molecule has 0 aliphatic rings. The number of aliphatic imine (C=N–C) groups is 2. The summed E-state index contributed by atoms with van der Waals surface area (Å²) >= 11 is 0. The largest absolute Gasteiger partial charge is 0.496 e. The van der Waals surface area contributed by atoms with Crippen molar-refractivity contribution in [2.45, 2.75) is 84.2 Å². The first kappa shape index (κ1) is 33.5. The Morgan fingerprint density at radius 2 is 1.14 bits per heavy atom. The van der Waals surface area contributed by atoms with Crippen molar-refractivity contribution >= 4 is 12.4 Å². The quantitative estimate of drug-likeness (QED) is 0.0760. The summed E-state index contributed by atoms with van der Waals surface area (Å²) in [6, 6.07) is 19.7. The number of para-hydroxylation sites is 2. The van der Waals surface area contributed by atoms with E-state index in [1.165, 1.54) is 51.4 Å². The molecule has 0 radical (unpaired) electrons. The predicted octanol–water partition coefficient (Wildman–Crippen LogP) is 9.22. The Kier molecular flexibility index (Phi) is 15.5. The van der Waals surface area contributed by atoms with E-state index >= 15 is 0 Å². The van der Waals surface area contributed by atoms with Gasteiger partial charge >= 0.3 is 0 Å². The van der Waals surface area contributed by atoms with Crippen LogP contribution in [0.4, 0.5) is 0 Å². The van der Waals surface area contributed by atoms with E-state index in [9.17, 15) is 0 Å². The van der Waals surface area contributed by atoms with Crippen molar-refractivity contribution in [1.29, 1.82) is 0 Å². The van der Waals surface area contributed by atoms with Gasteiger partial charge in [-0.1, -0.05) is 107 Å². The molecule has 0 aromatic heterocycles. The third-order valence-corrected chi connectivity index (χ3v) is 7.43. The highest BCUT2D eigenvalue weighted by atomic mass is 16.5. The van der Waals surface area contributed by atoms with Crippen LogP contribution in [-0.4, -0.2) is 33.3 Å². The molecule has 3 aromatic carbocycles. The molecule has 0 bridgehead atoms. The maximum absolute atomic E-state index is 6.43. The summed E-state index contributed by atoms with van der Waals surface area (Å²) in [4.78, 5) is 9.48. The summed E-state index contributed by atoms with van der Waals surface area (Å²) in [5.41, 5.74) is 4.47. The first-order chi connectivity index (χ1) is 21.2. The van der Waals surface area contributed by atoms with Gasteiger partial charge in [0.1, 0.15) is 17.2 Å². The highest BCUT2D eigenvalue weighted by Crippen LogP contribution is 2.26. The molecule has 0 N–H and O–H groups in total. The van der Waals surface area contributed by atoms with Crippen LogP contribution in [-0.2, 0) is 13.1 Å². The third kappa shape index (κ3) is 11.6. The lowest BCUT2D eigenvalue weighted by Crippen LogP contribution is -2.05. The van der Waals surface area contributed by atoms with Crippen molar-refractivity contribution < 1.29 is 14.2 Å². The Labute approximate surface area is 259 Å². The second-order valence-corrected chi connectivity index (χ2v) is 10.7. The summed E-state index contributed by atoms with van der Waals surface area (Å²) in [5.74, 6) is 5.17. The van der Waals surface area contributed by atoms with Gasteiger partial charge in [0.15, 0.2) is 0 Å². The lowest BCUT2D eigenvalue weighted by atomic mass is 10.0. The molecule has 0 saturated carbocycles. The predicted molar refractivity (Wildman–Crippen MR) is 180 cm³/mol. The molecular formula is C38H48N2O3. The Balaban J connectivity index is 1.72. The highest BCUT2D eigenvalue weighted by molar-refractivity contribution is 5.93. The fourth-order valence-electron chi connectivity index (χ4n) is 5.03. The number of terminal acetylenes is 1. The van der Waals surface area contributed by atoms with Crippen LogP contribution >= 0.6 is 0 Å². The fraction of sp³-hybridized carbons (Fsp3) is 0.421. The number of nitrogens with zero attached hydrogens (tertiary/aromatic N) is 2.